The monoisotopic (exact) mass is 244 g/mol. The lowest BCUT2D eigenvalue weighted by Gasteiger charge is -2.11. The van der Waals surface area contributed by atoms with Crippen molar-refractivity contribution in [2.45, 2.75) is 40.2 Å². The van der Waals surface area contributed by atoms with Crippen molar-refractivity contribution >= 4 is 0 Å². The normalized spacial score (nSPS) is 10.8. The number of hydrogen-bond donors (Lipinski definition) is 1. The predicted molar refractivity (Wildman–Crippen MR) is 74.9 cm³/mol. The zero-order valence-corrected chi connectivity index (χ0v) is 11.3. The van der Waals surface area contributed by atoms with E-state index in [-0.39, 0.29) is 5.56 Å². The van der Waals surface area contributed by atoms with Gasteiger partial charge in [0.05, 0.1) is 5.69 Å². The molecular weight excluding hydrogens is 224 g/mol. The van der Waals surface area contributed by atoms with Crippen LogP contribution in [0, 0.1) is 6.92 Å². The summed E-state index contributed by atoms with van der Waals surface area (Å²) in [5.41, 5.74) is 4.35. The maximum Gasteiger partial charge on any atom is 0.267 e. The quantitative estimate of drug-likeness (QED) is 0.881. The molecule has 0 aliphatic heterocycles. The molecule has 2 rings (SSSR count). The van der Waals surface area contributed by atoms with E-state index in [0.29, 0.717) is 0 Å². The first kappa shape index (κ1) is 12.7. The molecule has 0 aliphatic carbocycles. The van der Waals surface area contributed by atoms with Gasteiger partial charge in [-0.25, -0.2) is 0 Å². The molecule has 0 unspecified atom stereocenters. The minimum Gasteiger partial charge on any atom is -0.284 e. The van der Waals surface area contributed by atoms with E-state index in [1.54, 1.807) is 0 Å². The van der Waals surface area contributed by atoms with Crippen LogP contribution in [0.15, 0.2) is 29.1 Å². The molecule has 3 nitrogen and oxygen atoms in total. The Morgan fingerprint density at radius 1 is 1.22 bits per heavy atom. The maximum absolute atomic E-state index is 12.0. The lowest BCUT2D eigenvalue weighted by atomic mass is 10.0. The van der Waals surface area contributed by atoms with E-state index < -0.39 is 0 Å². The molecule has 1 aromatic heterocycles. The lowest BCUT2D eigenvalue weighted by molar-refractivity contribution is 0.603. The van der Waals surface area contributed by atoms with Gasteiger partial charge in [-0.15, -0.1) is 0 Å². The van der Waals surface area contributed by atoms with Crippen molar-refractivity contribution in [2.75, 3.05) is 0 Å². The number of benzene rings is 1. The first-order valence-electron chi connectivity index (χ1n) is 6.56. The summed E-state index contributed by atoms with van der Waals surface area (Å²) in [6.45, 7) is 7.08. The first-order chi connectivity index (χ1) is 8.69. The standard InChI is InChI=1S/C15H20N2O/c1-4-10-17-14(12(5-2)15(18)16-17)13-9-7-6-8-11(13)3/h6-9H,4-5,10H2,1-3H3,(H,16,18). The van der Waals surface area contributed by atoms with Crippen molar-refractivity contribution < 1.29 is 0 Å². The number of aromatic amines is 1. The fraction of sp³-hybridized carbons (Fsp3) is 0.400. The molecule has 96 valence electrons. The summed E-state index contributed by atoms with van der Waals surface area (Å²) in [5.74, 6) is 0. The van der Waals surface area contributed by atoms with Crippen LogP contribution < -0.4 is 5.56 Å². The van der Waals surface area contributed by atoms with Crippen molar-refractivity contribution in [1.29, 1.82) is 0 Å². The highest BCUT2D eigenvalue weighted by molar-refractivity contribution is 5.67. The second kappa shape index (κ2) is 5.25. The SMILES string of the molecule is CCCn1[nH]c(=O)c(CC)c1-c1ccccc1C. The van der Waals surface area contributed by atoms with Gasteiger partial charge in [0.2, 0.25) is 0 Å². The van der Waals surface area contributed by atoms with Gasteiger partial charge >= 0.3 is 0 Å². The molecule has 0 saturated heterocycles. The van der Waals surface area contributed by atoms with Crippen molar-refractivity contribution in [3.8, 4) is 11.3 Å². The molecule has 0 bridgehead atoms. The average molecular weight is 244 g/mol. The van der Waals surface area contributed by atoms with Crippen molar-refractivity contribution in [3.63, 3.8) is 0 Å². The van der Waals surface area contributed by atoms with E-state index in [2.05, 4.69) is 31.1 Å². The van der Waals surface area contributed by atoms with Gasteiger partial charge in [0, 0.05) is 17.7 Å². The van der Waals surface area contributed by atoms with Gasteiger partial charge < -0.3 is 0 Å². The van der Waals surface area contributed by atoms with Crippen LogP contribution in [0.5, 0.6) is 0 Å². The number of aryl methyl sites for hydroxylation is 2. The summed E-state index contributed by atoms with van der Waals surface area (Å²) in [5, 5.41) is 2.95. The topological polar surface area (TPSA) is 37.8 Å². The third-order valence-electron chi connectivity index (χ3n) is 3.27. The lowest BCUT2D eigenvalue weighted by Crippen LogP contribution is -2.07. The van der Waals surface area contributed by atoms with Gasteiger partial charge in [0.1, 0.15) is 0 Å². The summed E-state index contributed by atoms with van der Waals surface area (Å²) in [4.78, 5) is 12.0. The van der Waals surface area contributed by atoms with Crippen LogP contribution in [-0.4, -0.2) is 9.78 Å². The van der Waals surface area contributed by atoms with E-state index in [1.807, 2.05) is 23.7 Å². The minimum absolute atomic E-state index is 0.0456. The summed E-state index contributed by atoms with van der Waals surface area (Å²) in [6, 6.07) is 8.22. The summed E-state index contributed by atoms with van der Waals surface area (Å²) < 4.78 is 1.99. The van der Waals surface area contributed by atoms with Crippen LogP contribution in [0.1, 0.15) is 31.4 Å². The van der Waals surface area contributed by atoms with Crippen LogP contribution in [-0.2, 0) is 13.0 Å². The Bertz CT molecular complexity index is 593. The second-order valence-electron chi connectivity index (χ2n) is 4.59. The molecule has 0 aliphatic rings. The molecule has 0 atom stereocenters. The number of H-pyrrole nitrogens is 1. The van der Waals surface area contributed by atoms with Crippen LogP contribution in [0.3, 0.4) is 0 Å². The molecule has 2 aromatic rings. The highest BCUT2D eigenvalue weighted by Crippen LogP contribution is 2.25. The molecule has 18 heavy (non-hydrogen) atoms. The molecule has 0 spiro atoms. The average Bonchev–Trinajstić information content (AvgIpc) is 2.66. The third kappa shape index (κ3) is 2.13. The van der Waals surface area contributed by atoms with E-state index >= 15 is 0 Å². The Kier molecular flexibility index (Phi) is 3.70. The van der Waals surface area contributed by atoms with E-state index in [4.69, 9.17) is 0 Å². The smallest absolute Gasteiger partial charge is 0.267 e. The fourth-order valence-corrected chi connectivity index (χ4v) is 2.38. The van der Waals surface area contributed by atoms with E-state index in [1.165, 1.54) is 5.56 Å². The van der Waals surface area contributed by atoms with Crippen molar-refractivity contribution in [2.24, 2.45) is 0 Å². The molecule has 1 aromatic carbocycles. The highest BCUT2D eigenvalue weighted by Gasteiger charge is 2.15. The Balaban J connectivity index is 2.68. The van der Waals surface area contributed by atoms with Gasteiger partial charge in [-0.3, -0.25) is 14.6 Å². The molecule has 1 N–H and O–H groups in total. The van der Waals surface area contributed by atoms with Crippen molar-refractivity contribution in [3.05, 3.63) is 45.7 Å². The van der Waals surface area contributed by atoms with Crippen LogP contribution in [0.4, 0.5) is 0 Å². The maximum atomic E-state index is 12.0. The molecule has 0 fully saturated rings. The van der Waals surface area contributed by atoms with Gasteiger partial charge in [0.15, 0.2) is 0 Å². The largest absolute Gasteiger partial charge is 0.284 e. The third-order valence-corrected chi connectivity index (χ3v) is 3.27. The Morgan fingerprint density at radius 2 is 1.94 bits per heavy atom. The molecule has 0 saturated carbocycles. The minimum atomic E-state index is 0.0456. The Hall–Kier alpha value is -1.77. The number of nitrogens with one attached hydrogen (secondary N) is 1. The number of nitrogens with zero attached hydrogens (tertiary/aromatic N) is 1. The molecular formula is C15H20N2O. The van der Waals surface area contributed by atoms with E-state index in [0.717, 1.165) is 36.2 Å². The summed E-state index contributed by atoms with van der Waals surface area (Å²) in [7, 11) is 0. The second-order valence-corrected chi connectivity index (χ2v) is 4.59. The van der Waals surface area contributed by atoms with Crippen LogP contribution in [0.25, 0.3) is 11.3 Å². The van der Waals surface area contributed by atoms with Crippen LogP contribution in [0.2, 0.25) is 0 Å². The number of aromatic nitrogens is 2. The van der Waals surface area contributed by atoms with Gasteiger partial charge in [0.25, 0.3) is 5.56 Å². The number of rotatable bonds is 4. The van der Waals surface area contributed by atoms with Crippen molar-refractivity contribution in [1.82, 2.24) is 9.78 Å². The number of hydrogen-bond acceptors (Lipinski definition) is 1. The predicted octanol–water partition coefficient (Wildman–Crippen LogP) is 3.12. The fourth-order valence-electron chi connectivity index (χ4n) is 2.38. The van der Waals surface area contributed by atoms with Crippen LogP contribution >= 0.6 is 0 Å². The van der Waals surface area contributed by atoms with Gasteiger partial charge in [-0.05, 0) is 25.3 Å². The Labute approximate surface area is 107 Å². The van der Waals surface area contributed by atoms with Gasteiger partial charge in [-0.2, -0.15) is 0 Å². The zero-order chi connectivity index (χ0) is 13.1. The van der Waals surface area contributed by atoms with Gasteiger partial charge in [-0.1, -0.05) is 38.1 Å². The zero-order valence-electron chi connectivity index (χ0n) is 11.3. The highest BCUT2D eigenvalue weighted by atomic mass is 16.1. The summed E-state index contributed by atoms with van der Waals surface area (Å²) in [6.07, 6.45) is 1.77. The molecule has 1 heterocycles. The molecule has 3 heteroatoms. The van der Waals surface area contributed by atoms with E-state index in [9.17, 15) is 4.79 Å². The summed E-state index contributed by atoms with van der Waals surface area (Å²) >= 11 is 0. The molecule has 0 amide bonds. The first-order valence-corrected chi connectivity index (χ1v) is 6.56. The Morgan fingerprint density at radius 3 is 2.56 bits per heavy atom. The molecule has 0 radical (unpaired) electrons.